The Morgan fingerprint density at radius 3 is 2.12 bits per heavy atom. The van der Waals surface area contributed by atoms with Crippen molar-refractivity contribution in [1.29, 1.82) is 0 Å². The molecular weight excluding hydrogens is 318 g/mol. The lowest BCUT2D eigenvalue weighted by Crippen LogP contribution is -2.07. The molecule has 0 amide bonds. The van der Waals surface area contributed by atoms with Crippen molar-refractivity contribution in [2.45, 2.75) is 27.7 Å². The summed E-state index contributed by atoms with van der Waals surface area (Å²) in [4.78, 5) is 11.3. The summed E-state index contributed by atoms with van der Waals surface area (Å²) in [6, 6.07) is 0. The van der Waals surface area contributed by atoms with E-state index in [1.54, 1.807) is 6.08 Å². The molecule has 0 unspecified atom stereocenters. The van der Waals surface area contributed by atoms with E-state index < -0.39 is 0 Å². The molecule has 0 aliphatic carbocycles. The molecule has 26 heavy (non-hydrogen) atoms. The molecule has 0 aliphatic rings. The SMILES string of the molecule is C=C\C=C(C)/C(/C=C/C(=C\C)C(/C)=C/C=C\C(=C)C(=C)C)=C(/C=O)CN. The Morgan fingerprint density at radius 1 is 1.00 bits per heavy atom. The minimum absolute atomic E-state index is 0.192. The topological polar surface area (TPSA) is 43.1 Å². The van der Waals surface area contributed by atoms with E-state index in [2.05, 4.69) is 19.7 Å². The zero-order valence-corrected chi connectivity index (χ0v) is 16.5. The normalized spacial score (nSPS) is 14.6. The Kier molecular flexibility index (Phi) is 11.3. The molecular formula is C24H31NO. The van der Waals surface area contributed by atoms with E-state index in [9.17, 15) is 4.79 Å². The van der Waals surface area contributed by atoms with Crippen molar-refractivity contribution in [3.8, 4) is 0 Å². The standard InChI is InChI=1S/C24H31NO/c1-8-11-21(7)24(23(16-25)17-26)15-14-22(9-2)20(6)13-10-12-19(5)18(3)4/h8-15,17H,1,3,5,16,25H2,2,4,6-7H3/b12-10-,15-14+,20-13+,21-11-,22-9+,24-23+. The average Bonchev–Trinajstić information content (AvgIpc) is 2.61. The lowest BCUT2D eigenvalue weighted by atomic mass is 9.98. The van der Waals surface area contributed by atoms with Crippen LogP contribution in [0.3, 0.4) is 0 Å². The van der Waals surface area contributed by atoms with Crippen molar-refractivity contribution in [2.24, 2.45) is 5.73 Å². The lowest BCUT2D eigenvalue weighted by Gasteiger charge is -2.08. The summed E-state index contributed by atoms with van der Waals surface area (Å²) in [5.41, 5.74) is 12.0. The monoisotopic (exact) mass is 349 g/mol. The minimum atomic E-state index is 0.192. The summed E-state index contributed by atoms with van der Waals surface area (Å²) in [7, 11) is 0. The Morgan fingerprint density at radius 2 is 1.65 bits per heavy atom. The number of carbonyl (C=O) groups is 1. The first kappa shape index (κ1) is 23.3. The molecule has 2 heteroatoms. The fraction of sp³-hybridized carbons (Fsp3) is 0.208. The molecule has 0 aromatic heterocycles. The molecule has 0 heterocycles. The largest absolute Gasteiger partial charge is 0.326 e. The fourth-order valence-electron chi connectivity index (χ4n) is 2.16. The zero-order chi connectivity index (χ0) is 20.1. The number of aldehydes is 1. The molecule has 0 saturated heterocycles. The van der Waals surface area contributed by atoms with Crippen molar-refractivity contribution < 1.29 is 4.79 Å². The van der Waals surface area contributed by atoms with Gasteiger partial charge in [0.05, 0.1) is 0 Å². The van der Waals surface area contributed by atoms with Gasteiger partial charge in [0, 0.05) is 12.1 Å². The van der Waals surface area contributed by atoms with E-state index in [4.69, 9.17) is 5.73 Å². The minimum Gasteiger partial charge on any atom is -0.326 e. The average molecular weight is 350 g/mol. The van der Waals surface area contributed by atoms with Crippen LogP contribution >= 0.6 is 0 Å². The summed E-state index contributed by atoms with van der Waals surface area (Å²) >= 11 is 0. The molecule has 2 N–H and O–H groups in total. The van der Waals surface area contributed by atoms with Gasteiger partial charge in [-0.2, -0.15) is 0 Å². The molecule has 0 spiro atoms. The second-order valence-electron chi connectivity index (χ2n) is 5.94. The number of nitrogens with two attached hydrogens (primary N) is 1. The Labute approximate surface area is 158 Å². The molecule has 0 saturated carbocycles. The third kappa shape index (κ3) is 7.91. The maximum absolute atomic E-state index is 11.3. The van der Waals surface area contributed by atoms with Gasteiger partial charge in [0.25, 0.3) is 0 Å². The maximum Gasteiger partial charge on any atom is 0.147 e. The van der Waals surface area contributed by atoms with E-state index >= 15 is 0 Å². The van der Waals surface area contributed by atoms with Gasteiger partial charge < -0.3 is 5.73 Å². The van der Waals surface area contributed by atoms with E-state index in [1.807, 2.05) is 70.2 Å². The number of allylic oxidation sites excluding steroid dienone is 14. The van der Waals surface area contributed by atoms with Crippen molar-refractivity contribution in [2.75, 3.05) is 6.54 Å². The predicted octanol–water partition coefficient (Wildman–Crippen LogP) is 5.71. The number of hydrogen-bond acceptors (Lipinski definition) is 2. The Bertz CT molecular complexity index is 734. The summed E-state index contributed by atoms with van der Waals surface area (Å²) in [6.07, 6.45) is 16.2. The van der Waals surface area contributed by atoms with Crippen LogP contribution in [0.4, 0.5) is 0 Å². The van der Waals surface area contributed by atoms with E-state index in [-0.39, 0.29) is 6.54 Å². The third-order valence-corrected chi connectivity index (χ3v) is 3.89. The van der Waals surface area contributed by atoms with E-state index in [1.165, 1.54) is 0 Å². The third-order valence-electron chi connectivity index (χ3n) is 3.89. The van der Waals surface area contributed by atoms with Gasteiger partial charge in [-0.05, 0) is 55.6 Å². The molecule has 0 rings (SSSR count). The predicted molar refractivity (Wildman–Crippen MR) is 116 cm³/mol. The van der Waals surface area contributed by atoms with Crippen LogP contribution in [0.25, 0.3) is 0 Å². The molecule has 0 radical (unpaired) electrons. The zero-order valence-electron chi connectivity index (χ0n) is 16.5. The Balaban J connectivity index is 5.71. The van der Waals surface area contributed by atoms with Gasteiger partial charge in [0.2, 0.25) is 0 Å². The second-order valence-corrected chi connectivity index (χ2v) is 5.94. The summed E-state index contributed by atoms with van der Waals surface area (Å²) in [5.74, 6) is 0. The van der Waals surface area contributed by atoms with Crippen LogP contribution < -0.4 is 5.73 Å². The van der Waals surface area contributed by atoms with Crippen LogP contribution in [0.1, 0.15) is 27.7 Å². The lowest BCUT2D eigenvalue weighted by molar-refractivity contribution is -0.104. The molecule has 0 aromatic rings. The van der Waals surface area contributed by atoms with E-state index in [0.29, 0.717) is 5.57 Å². The van der Waals surface area contributed by atoms with Crippen LogP contribution in [-0.2, 0) is 4.79 Å². The second kappa shape index (κ2) is 12.6. The van der Waals surface area contributed by atoms with Crippen LogP contribution in [-0.4, -0.2) is 12.8 Å². The van der Waals surface area contributed by atoms with Crippen molar-refractivity contribution in [3.05, 3.63) is 107 Å². The van der Waals surface area contributed by atoms with E-state index in [0.717, 1.165) is 39.7 Å². The van der Waals surface area contributed by atoms with Gasteiger partial charge in [-0.3, -0.25) is 4.79 Å². The first-order valence-corrected chi connectivity index (χ1v) is 8.54. The van der Waals surface area contributed by atoms with Crippen molar-refractivity contribution in [3.63, 3.8) is 0 Å². The maximum atomic E-state index is 11.3. The summed E-state index contributed by atoms with van der Waals surface area (Å²) < 4.78 is 0. The van der Waals surface area contributed by atoms with Crippen molar-refractivity contribution >= 4 is 6.29 Å². The van der Waals surface area contributed by atoms with Crippen LogP contribution in [0, 0.1) is 0 Å². The van der Waals surface area contributed by atoms with Crippen LogP contribution in [0.15, 0.2) is 107 Å². The Hall–Kier alpha value is -2.71. The van der Waals surface area contributed by atoms with Gasteiger partial charge in [0.15, 0.2) is 0 Å². The smallest absolute Gasteiger partial charge is 0.147 e. The highest BCUT2D eigenvalue weighted by Crippen LogP contribution is 2.19. The van der Waals surface area contributed by atoms with Gasteiger partial charge in [-0.25, -0.2) is 0 Å². The van der Waals surface area contributed by atoms with Crippen molar-refractivity contribution in [1.82, 2.24) is 0 Å². The van der Waals surface area contributed by atoms with Gasteiger partial charge in [-0.15, -0.1) is 0 Å². The highest BCUT2D eigenvalue weighted by atomic mass is 16.1. The van der Waals surface area contributed by atoms with Gasteiger partial charge in [0.1, 0.15) is 6.29 Å². The van der Waals surface area contributed by atoms with Gasteiger partial charge >= 0.3 is 0 Å². The summed E-state index contributed by atoms with van der Waals surface area (Å²) in [5, 5.41) is 0. The quantitative estimate of drug-likeness (QED) is 0.312. The highest BCUT2D eigenvalue weighted by Gasteiger charge is 2.04. The fourth-order valence-corrected chi connectivity index (χ4v) is 2.16. The molecule has 0 aromatic carbocycles. The molecule has 138 valence electrons. The number of rotatable bonds is 10. The molecule has 0 bridgehead atoms. The first-order valence-electron chi connectivity index (χ1n) is 8.54. The highest BCUT2D eigenvalue weighted by molar-refractivity contribution is 5.78. The molecule has 2 nitrogen and oxygen atoms in total. The number of carbonyl (C=O) groups excluding carboxylic acids is 1. The van der Waals surface area contributed by atoms with Gasteiger partial charge in [-0.1, -0.05) is 73.9 Å². The molecule has 0 atom stereocenters. The van der Waals surface area contributed by atoms with Crippen LogP contribution in [0.5, 0.6) is 0 Å². The first-order chi connectivity index (χ1) is 12.3. The molecule has 0 aliphatic heterocycles. The van der Waals surface area contributed by atoms with Crippen LogP contribution in [0.2, 0.25) is 0 Å². The summed E-state index contributed by atoms with van der Waals surface area (Å²) in [6.45, 7) is 19.6. The number of hydrogen-bond donors (Lipinski definition) is 1. The molecule has 0 fully saturated rings.